The molecule has 2 rings (SSSR count). The first kappa shape index (κ1) is 12.5. The first-order chi connectivity index (χ1) is 7.46. The number of sulfone groups is 1. The van der Waals surface area contributed by atoms with E-state index in [9.17, 15) is 8.42 Å². The smallest absolute Gasteiger partial charge is 0.151 e. The molecule has 1 saturated heterocycles. The second-order valence-corrected chi connectivity index (χ2v) is 8.52. The molecule has 1 aliphatic heterocycles. The van der Waals surface area contributed by atoms with Gasteiger partial charge >= 0.3 is 0 Å². The molecule has 1 unspecified atom stereocenters. The summed E-state index contributed by atoms with van der Waals surface area (Å²) in [7, 11) is -2.77. The monoisotopic (exact) mass is 323 g/mol. The second kappa shape index (κ2) is 4.76. The Morgan fingerprint density at radius 3 is 2.88 bits per heavy atom. The van der Waals surface area contributed by atoms with E-state index in [1.165, 1.54) is 9.75 Å². The summed E-state index contributed by atoms with van der Waals surface area (Å²) in [6.07, 6.45) is 0.744. The Balaban J connectivity index is 1.89. The molecule has 0 aromatic carbocycles. The zero-order valence-electron chi connectivity index (χ0n) is 8.99. The van der Waals surface area contributed by atoms with Gasteiger partial charge in [-0.25, -0.2) is 8.42 Å². The summed E-state index contributed by atoms with van der Waals surface area (Å²) in [6.45, 7) is 2.83. The molecule has 0 bridgehead atoms. The van der Waals surface area contributed by atoms with E-state index in [0.29, 0.717) is 11.5 Å². The summed E-state index contributed by atoms with van der Waals surface area (Å²) in [5.41, 5.74) is 0. The van der Waals surface area contributed by atoms with Crippen molar-refractivity contribution in [3.63, 3.8) is 0 Å². The van der Waals surface area contributed by atoms with E-state index in [4.69, 9.17) is 0 Å². The van der Waals surface area contributed by atoms with E-state index >= 15 is 0 Å². The average Bonchev–Trinajstić information content (AvgIpc) is 2.68. The van der Waals surface area contributed by atoms with Gasteiger partial charge in [0, 0.05) is 26.8 Å². The van der Waals surface area contributed by atoms with Gasteiger partial charge in [-0.1, -0.05) is 0 Å². The van der Waals surface area contributed by atoms with Crippen molar-refractivity contribution >= 4 is 37.1 Å². The molecule has 1 aliphatic rings. The van der Waals surface area contributed by atoms with Gasteiger partial charge in [0.2, 0.25) is 0 Å². The SMILES string of the molecule is Cc1sc(CNC2CCS(=O)(=O)C2)cc1Br. The fourth-order valence-corrected chi connectivity index (χ4v) is 5.07. The van der Waals surface area contributed by atoms with Crippen LogP contribution < -0.4 is 5.32 Å². The number of nitrogens with one attached hydrogen (secondary N) is 1. The average molecular weight is 324 g/mol. The van der Waals surface area contributed by atoms with Crippen molar-refractivity contribution in [1.82, 2.24) is 5.32 Å². The lowest BCUT2D eigenvalue weighted by Crippen LogP contribution is -2.29. The first-order valence-electron chi connectivity index (χ1n) is 5.15. The standard InChI is InChI=1S/C10H14BrNO2S2/c1-7-10(11)4-9(15-7)5-12-8-2-3-16(13,14)6-8/h4,8,12H,2-3,5-6H2,1H3. The number of hydrogen-bond donors (Lipinski definition) is 1. The number of rotatable bonds is 3. The highest BCUT2D eigenvalue weighted by Gasteiger charge is 2.27. The molecule has 0 aliphatic carbocycles. The van der Waals surface area contributed by atoms with Crippen LogP contribution in [-0.2, 0) is 16.4 Å². The minimum atomic E-state index is -2.77. The highest BCUT2D eigenvalue weighted by atomic mass is 79.9. The highest BCUT2D eigenvalue weighted by Crippen LogP contribution is 2.26. The highest BCUT2D eigenvalue weighted by molar-refractivity contribution is 9.10. The van der Waals surface area contributed by atoms with Crippen molar-refractivity contribution in [3.05, 3.63) is 20.3 Å². The Bertz CT molecular complexity index is 462. The van der Waals surface area contributed by atoms with Gasteiger partial charge in [0.25, 0.3) is 0 Å². The van der Waals surface area contributed by atoms with E-state index in [2.05, 4.69) is 34.2 Å². The molecule has 0 spiro atoms. The molecule has 0 radical (unpaired) electrons. The first-order valence-corrected chi connectivity index (χ1v) is 8.58. The van der Waals surface area contributed by atoms with Gasteiger partial charge in [-0.15, -0.1) is 11.3 Å². The molecule has 1 atom stereocenters. The molecule has 1 N–H and O–H groups in total. The largest absolute Gasteiger partial charge is 0.308 e. The quantitative estimate of drug-likeness (QED) is 0.926. The fraction of sp³-hybridized carbons (Fsp3) is 0.600. The van der Waals surface area contributed by atoms with Crippen molar-refractivity contribution in [2.75, 3.05) is 11.5 Å². The zero-order chi connectivity index (χ0) is 11.8. The minimum Gasteiger partial charge on any atom is -0.308 e. The number of aryl methyl sites for hydroxylation is 1. The molecule has 0 amide bonds. The predicted octanol–water partition coefficient (Wildman–Crippen LogP) is 2.10. The maximum absolute atomic E-state index is 11.3. The van der Waals surface area contributed by atoms with Gasteiger partial charge < -0.3 is 5.32 Å². The molecular weight excluding hydrogens is 310 g/mol. The van der Waals surface area contributed by atoms with E-state index < -0.39 is 9.84 Å². The predicted molar refractivity (Wildman–Crippen MR) is 70.7 cm³/mol. The van der Waals surface area contributed by atoms with Gasteiger partial charge in [0.15, 0.2) is 9.84 Å². The summed E-state index contributed by atoms with van der Waals surface area (Å²) >= 11 is 5.21. The van der Waals surface area contributed by atoms with Crippen LogP contribution in [0, 0.1) is 6.92 Å². The summed E-state index contributed by atoms with van der Waals surface area (Å²) in [6, 6.07) is 2.22. The van der Waals surface area contributed by atoms with Crippen LogP contribution in [0.5, 0.6) is 0 Å². The Labute approximate surface area is 108 Å². The fourth-order valence-electron chi connectivity index (χ4n) is 1.81. The van der Waals surface area contributed by atoms with Crippen LogP contribution in [0.1, 0.15) is 16.2 Å². The van der Waals surface area contributed by atoms with Crippen LogP contribution in [0.25, 0.3) is 0 Å². The van der Waals surface area contributed by atoms with Crippen LogP contribution in [0.3, 0.4) is 0 Å². The van der Waals surface area contributed by atoms with Crippen LogP contribution in [-0.4, -0.2) is 26.0 Å². The van der Waals surface area contributed by atoms with Crippen LogP contribution >= 0.6 is 27.3 Å². The lowest BCUT2D eigenvalue weighted by atomic mass is 10.2. The molecule has 2 heterocycles. The Kier molecular flexibility index (Phi) is 3.73. The summed E-state index contributed by atoms with van der Waals surface area (Å²) in [5, 5.41) is 3.30. The van der Waals surface area contributed by atoms with E-state index in [0.717, 1.165) is 17.4 Å². The Hall–Kier alpha value is 0.0900. The third kappa shape index (κ3) is 3.06. The molecule has 1 aromatic heterocycles. The van der Waals surface area contributed by atoms with Crippen LogP contribution in [0.15, 0.2) is 10.5 Å². The second-order valence-electron chi connectivity index (χ2n) is 4.10. The summed E-state index contributed by atoms with van der Waals surface area (Å²) in [5.74, 6) is 0.621. The van der Waals surface area contributed by atoms with Crippen molar-refractivity contribution in [2.24, 2.45) is 0 Å². The Morgan fingerprint density at radius 2 is 2.38 bits per heavy atom. The lowest BCUT2D eigenvalue weighted by molar-refractivity contribution is 0.557. The van der Waals surface area contributed by atoms with Gasteiger partial charge in [0.1, 0.15) is 0 Å². The molecule has 1 aromatic rings. The van der Waals surface area contributed by atoms with E-state index in [1.54, 1.807) is 11.3 Å². The molecule has 3 nitrogen and oxygen atoms in total. The minimum absolute atomic E-state index is 0.131. The van der Waals surface area contributed by atoms with Crippen molar-refractivity contribution < 1.29 is 8.42 Å². The van der Waals surface area contributed by atoms with Gasteiger partial charge in [-0.3, -0.25) is 0 Å². The number of halogens is 1. The molecule has 90 valence electrons. The Morgan fingerprint density at radius 1 is 1.62 bits per heavy atom. The molecule has 1 fully saturated rings. The lowest BCUT2D eigenvalue weighted by Gasteiger charge is -2.08. The van der Waals surface area contributed by atoms with Gasteiger partial charge in [-0.05, 0) is 35.3 Å². The summed E-state index contributed by atoms with van der Waals surface area (Å²) < 4.78 is 23.7. The third-order valence-corrected chi connectivity index (χ3v) is 6.61. The van der Waals surface area contributed by atoms with E-state index in [-0.39, 0.29) is 6.04 Å². The van der Waals surface area contributed by atoms with Crippen molar-refractivity contribution in [2.45, 2.75) is 25.9 Å². The van der Waals surface area contributed by atoms with E-state index in [1.807, 2.05) is 0 Å². The van der Waals surface area contributed by atoms with Crippen LogP contribution in [0.2, 0.25) is 0 Å². The maximum atomic E-state index is 11.3. The number of thiophene rings is 1. The third-order valence-electron chi connectivity index (χ3n) is 2.71. The molecule has 6 heteroatoms. The normalized spacial score (nSPS) is 23.8. The van der Waals surface area contributed by atoms with Gasteiger partial charge in [-0.2, -0.15) is 0 Å². The van der Waals surface area contributed by atoms with Crippen LogP contribution in [0.4, 0.5) is 0 Å². The van der Waals surface area contributed by atoms with Crippen molar-refractivity contribution in [3.8, 4) is 0 Å². The summed E-state index contributed by atoms with van der Waals surface area (Å²) in [4.78, 5) is 2.50. The number of hydrogen-bond acceptors (Lipinski definition) is 4. The topological polar surface area (TPSA) is 46.2 Å². The molecular formula is C10H14BrNO2S2. The maximum Gasteiger partial charge on any atom is 0.151 e. The molecule has 16 heavy (non-hydrogen) atoms. The zero-order valence-corrected chi connectivity index (χ0v) is 12.2. The van der Waals surface area contributed by atoms with Crippen molar-refractivity contribution in [1.29, 1.82) is 0 Å². The molecule has 0 saturated carbocycles. The van der Waals surface area contributed by atoms with Gasteiger partial charge in [0.05, 0.1) is 11.5 Å².